The molecule has 4 N–H and O–H groups in total. The third-order valence-electron chi connectivity index (χ3n) is 6.29. The van der Waals surface area contributed by atoms with Crippen LogP contribution < -0.4 is 15.2 Å². The summed E-state index contributed by atoms with van der Waals surface area (Å²) in [5.74, 6) is -2.96. The molecule has 0 bridgehead atoms. The van der Waals surface area contributed by atoms with E-state index in [1.54, 1.807) is 36.4 Å². The van der Waals surface area contributed by atoms with Crippen LogP contribution in [0.15, 0.2) is 78.0 Å². The quantitative estimate of drug-likeness (QED) is 0.127. The van der Waals surface area contributed by atoms with Gasteiger partial charge in [-0.15, -0.1) is 0 Å². The second kappa shape index (κ2) is 12.2. The average molecular weight is 562 g/mol. The summed E-state index contributed by atoms with van der Waals surface area (Å²) in [4.78, 5) is 54.5. The molecule has 1 fully saturated rings. The molecule has 3 amide bonds. The lowest BCUT2D eigenvalue weighted by Gasteiger charge is -2.38. The first-order valence-electron chi connectivity index (χ1n) is 12.0. The van der Waals surface area contributed by atoms with Crippen molar-refractivity contribution in [1.82, 2.24) is 4.90 Å². The highest BCUT2D eigenvalue weighted by atomic mass is 35.5. The molecule has 3 aromatic rings. The first kappa shape index (κ1) is 27.9. The van der Waals surface area contributed by atoms with Crippen molar-refractivity contribution in [2.24, 2.45) is 5.22 Å². The van der Waals surface area contributed by atoms with Gasteiger partial charge in [0.25, 0.3) is 0 Å². The van der Waals surface area contributed by atoms with Gasteiger partial charge in [0.1, 0.15) is 25.5 Å². The Hall–Kier alpha value is -5.10. The van der Waals surface area contributed by atoms with Gasteiger partial charge in [-0.3, -0.25) is 24.7 Å². The van der Waals surface area contributed by atoms with Crippen molar-refractivity contribution < 1.29 is 24.3 Å². The fourth-order valence-corrected chi connectivity index (χ4v) is 4.54. The summed E-state index contributed by atoms with van der Waals surface area (Å²) >= 11 is 6.15. The Morgan fingerprint density at radius 3 is 2.42 bits per heavy atom. The van der Waals surface area contributed by atoms with E-state index < -0.39 is 42.8 Å². The zero-order valence-corrected chi connectivity index (χ0v) is 21.7. The summed E-state index contributed by atoms with van der Waals surface area (Å²) in [6.07, 6.45) is 0.847. The number of carboxylic acid groups (broad SMARTS) is 1. The molecule has 1 atom stereocenters. The summed E-state index contributed by atoms with van der Waals surface area (Å²) < 4.78 is 0. The monoisotopic (exact) mass is 561 g/mol. The van der Waals surface area contributed by atoms with Crippen LogP contribution in [-0.2, 0) is 20.8 Å². The number of hydrogen-bond acceptors (Lipinski definition) is 7. The number of hydrogen-bond donors (Lipinski definition) is 4. The number of piperazine rings is 1. The van der Waals surface area contributed by atoms with Crippen molar-refractivity contribution in [2.75, 3.05) is 28.3 Å². The lowest BCUT2D eigenvalue weighted by molar-refractivity contribution is -0.143. The number of amides is 3. The van der Waals surface area contributed by atoms with Crippen LogP contribution in [0, 0.1) is 10.9 Å². The summed E-state index contributed by atoms with van der Waals surface area (Å²) in [6.45, 7) is -0.904. The van der Waals surface area contributed by atoms with E-state index in [-0.39, 0.29) is 34.1 Å². The molecule has 1 saturated heterocycles. The highest BCUT2D eigenvalue weighted by Crippen LogP contribution is 2.34. The minimum absolute atomic E-state index is 0.0601. The zero-order chi connectivity index (χ0) is 28.8. The molecular formula is C27H24ClN7O5. The molecule has 204 valence electrons. The van der Waals surface area contributed by atoms with Gasteiger partial charge in [0.05, 0.1) is 22.6 Å². The Balaban J connectivity index is 1.66. The van der Waals surface area contributed by atoms with Crippen LogP contribution in [-0.4, -0.2) is 59.2 Å². The van der Waals surface area contributed by atoms with Crippen molar-refractivity contribution in [1.29, 1.82) is 10.9 Å². The third-order valence-corrected chi connectivity index (χ3v) is 6.53. The van der Waals surface area contributed by atoms with Gasteiger partial charge < -0.3 is 15.3 Å². The van der Waals surface area contributed by atoms with Gasteiger partial charge in [0, 0.05) is 11.4 Å². The molecule has 0 aromatic heterocycles. The van der Waals surface area contributed by atoms with E-state index in [2.05, 4.69) is 10.5 Å². The predicted octanol–water partition coefficient (Wildman–Crippen LogP) is 3.82. The summed E-state index contributed by atoms with van der Waals surface area (Å²) in [5.41, 5.74) is 8.36. The number of nitrogens with one attached hydrogen (secondary N) is 3. The molecule has 0 spiro atoms. The molecule has 0 saturated carbocycles. The number of rotatable bonds is 10. The van der Waals surface area contributed by atoms with Crippen molar-refractivity contribution in [3.05, 3.63) is 88.9 Å². The Morgan fingerprint density at radius 1 is 1.05 bits per heavy atom. The Labute approximate surface area is 233 Å². The Bertz CT molecular complexity index is 1480. The molecule has 0 radical (unpaired) electrons. The van der Waals surface area contributed by atoms with Crippen LogP contribution in [0.4, 0.5) is 17.1 Å². The van der Waals surface area contributed by atoms with Gasteiger partial charge in [-0.1, -0.05) is 59.3 Å². The van der Waals surface area contributed by atoms with Crippen molar-refractivity contribution in [3.63, 3.8) is 0 Å². The second-order valence-electron chi connectivity index (χ2n) is 8.75. The molecule has 40 heavy (non-hydrogen) atoms. The number of carbonyl (C=O) groups is 4. The number of nitrogens with zero attached hydrogens (tertiary/aromatic N) is 4. The van der Waals surface area contributed by atoms with Crippen molar-refractivity contribution in [2.45, 2.75) is 12.5 Å². The number of benzene rings is 3. The SMILES string of the molecule is N=CN(N=N)c1ccc(Cl)cc1N1CC(=O)N(C(Cc2ccccc2)C(=O)Nc2ccccc2C(=O)O)CC1=O. The standard InChI is InChI=1S/C27H24ClN7O5/c28-18-10-11-21(35(16-29)32-30)22(13-18)33-14-25(37)34(15-24(33)36)23(12-17-6-2-1-3-7-17)26(38)31-20-9-5-4-8-19(20)27(39)40/h1-11,13,16,23,29-30H,12,14-15H2,(H,31,38)(H,39,40). The van der Waals surface area contributed by atoms with E-state index >= 15 is 0 Å². The second-order valence-corrected chi connectivity index (χ2v) is 9.19. The minimum atomic E-state index is -1.23. The summed E-state index contributed by atoms with van der Waals surface area (Å²) in [5, 5.41) is 24.1. The largest absolute Gasteiger partial charge is 0.478 e. The van der Waals surface area contributed by atoms with Gasteiger partial charge in [-0.05, 0) is 35.9 Å². The predicted molar refractivity (Wildman–Crippen MR) is 148 cm³/mol. The van der Waals surface area contributed by atoms with Gasteiger partial charge in [-0.25, -0.2) is 9.80 Å². The molecular weight excluding hydrogens is 538 g/mol. The first-order chi connectivity index (χ1) is 19.2. The molecule has 0 aliphatic carbocycles. The maximum atomic E-state index is 13.6. The number of carboxylic acids is 1. The van der Waals surface area contributed by atoms with E-state index in [4.69, 9.17) is 22.5 Å². The smallest absolute Gasteiger partial charge is 0.337 e. The zero-order valence-electron chi connectivity index (χ0n) is 21.0. The van der Waals surface area contributed by atoms with Crippen LogP contribution in [0.3, 0.4) is 0 Å². The third kappa shape index (κ3) is 5.97. The van der Waals surface area contributed by atoms with E-state index in [1.807, 2.05) is 0 Å². The number of halogens is 1. The molecule has 1 aliphatic heterocycles. The van der Waals surface area contributed by atoms with Crippen LogP contribution in [0.5, 0.6) is 0 Å². The average Bonchev–Trinajstić information content (AvgIpc) is 2.95. The van der Waals surface area contributed by atoms with Crippen LogP contribution in [0.2, 0.25) is 5.02 Å². The van der Waals surface area contributed by atoms with E-state index in [0.29, 0.717) is 0 Å². The van der Waals surface area contributed by atoms with Crippen molar-refractivity contribution >= 4 is 58.7 Å². The summed E-state index contributed by atoms with van der Waals surface area (Å²) in [6, 6.07) is 18.1. The van der Waals surface area contributed by atoms with E-state index in [0.717, 1.165) is 21.8 Å². The fraction of sp³-hybridized carbons (Fsp3) is 0.148. The number of para-hydroxylation sites is 1. The van der Waals surface area contributed by atoms with Crippen molar-refractivity contribution in [3.8, 4) is 0 Å². The van der Waals surface area contributed by atoms with E-state index in [9.17, 15) is 24.3 Å². The fourth-order valence-electron chi connectivity index (χ4n) is 4.37. The number of anilines is 3. The first-order valence-corrected chi connectivity index (χ1v) is 12.3. The number of carbonyl (C=O) groups excluding carboxylic acids is 3. The molecule has 4 rings (SSSR count). The maximum Gasteiger partial charge on any atom is 0.337 e. The Morgan fingerprint density at radius 2 is 1.75 bits per heavy atom. The highest BCUT2D eigenvalue weighted by molar-refractivity contribution is 6.31. The minimum Gasteiger partial charge on any atom is -0.478 e. The lowest BCUT2D eigenvalue weighted by Crippen LogP contribution is -2.60. The van der Waals surface area contributed by atoms with Gasteiger partial charge in [-0.2, -0.15) is 5.53 Å². The molecule has 1 heterocycles. The van der Waals surface area contributed by atoms with Gasteiger partial charge in [0.15, 0.2) is 0 Å². The highest BCUT2D eigenvalue weighted by Gasteiger charge is 2.39. The lowest BCUT2D eigenvalue weighted by atomic mass is 10.0. The van der Waals surface area contributed by atoms with Crippen LogP contribution in [0.25, 0.3) is 0 Å². The molecule has 1 unspecified atom stereocenters. The molecule has 3 aromatic carbocycles. The molecule has 12 nitrogen and oxygen atoms in total. The Kier molecular flexibility index (Phi) is 8.50. The number of aromatic carboxylic acids is 1. The topological polar surface area (TPSA) is 170 Å². The molecule has 13 heteroatoms. The normalized spacial score (nSPS) is 13.9. The maximum absolute atomic E-state index is 13.6. The van der Waals surface area contributed by atoms with Crippen LogP contribution >= 0.6 is 11.6 Å². The van der Waals surface area contributed by atoms with Crippen LogP contribution in [0.1, 0.15) is 15.9 Å². The van der Waals surface area contributed by atoms with Gasteiger partial charge >= 0.3 is 5.97 Å². The summed E-state index contributed by atoms with van der Waals surface area (Å²) in [7, 11) is 0. The van der Waals surface area contributed by atoms with E-state index in [1.165, 1.54) is 41.3 Å². The van der Waals surface area contributed by atoms with Gasteiger partial charge in [0.2, 0.25) is 17.7 Å². The molecule has 1 aliphatic rings.